The molecule has 3 saturated heterocycles. The number of hydrogen-bond donors (Lipinski definition) is 1. The zero-order valence-corrected chi connectivity index (χ0v) is 14.3. The number of nitrogens with one attached hydrogen (secondary N) is 1. The SMILES string of the molecule is CCOc1cccc(C(=O)N2CC3(CCNCC3)[C@@H]3COC[C@@H]32)c1. The predicted octanol–water partition coefficient (Wildman–Crippen LogP) is 1.93. The summed E-state index contributed by atoms with van der Waals surface area (Å²) in [7, 11) is 0. The maximum atomic E-state index is 13.2. The summed E-state index contributed by atoms with van der Waals surface area (Å²) >= 11 is 0. The molecule has 1 aromatic rings. The van der Waals surface area contributed by atoms with Gasteiger partial charge in [-0.2, -0.15) is 0 Å². The first kappa shape index (κ1) is 15.9. The van der Waals surface area contributed by atoms with Crippen LogP contribution in [-0.2, 0) is 4.74 Å². The zero-order chi connectivity index (χ0) is 16.6. The minimum Gasteiger partial charge on any atom is -0.494 e. The van der Waals surface area contributed by atoms with E-state index in [9.17, 15) is 4.79 Å². The summed E-state index contributed by atoms with van der Waals surface area (Å²) < 4.78 is 11.3. The van der Waals surface area contributed by atoms with Crippen LogP contribution in [0.5, 0.6) is 5.75 Å². The second-order valence-corrected chi connectivity index (χ2v) is 7.22. The Balaban J connectivity index is 1.59. The third-order valence-corrected chi connectivity index (χ3v) is 5.97. The molecule has 3 aliphatic heterocycles. The first-order valence-corrected chi connectivity index (χ1v) is 9.06. The summed E-state index contributed by atoms with van der Waals surface area (Å²) in [5.41, 5.74) is 0.956. The molecule has 0 aliphatic carbocycles. The second-order valence-electron chi connectivity index (χ2n) is 7.22. The number of carbonyl (C=O) groups is 1. The van der Waals surface area contributed by atoms with Crippen molar-refractivity contribution in [2.75, 3.05) is 39.5 Å². The van der Waals surface area contributed by atoms with Gasteiger partial charge in [0.1, 0.15) is 5.75 Å². The van der Waals surface area contributed by atoms with Crippen LogP contribution in [0, 0.1) is 11.3 Å². The molecule has 1 amide bonds. The van der Waals surface area contributed by atoms with E-state index in [-0.39, 0.29) is 17.4 Å². The van der Waals surface area contributed by atoms with Gasteiger partial charge in [-0.15, -0.1) is 0 Å². The van der Waals surface area contributed by atoms with Crippen LogP contribution in [0.15, 0.2) is 24.3 Å². The molecule has 130 valence electrons. The molecule has 0 saturated carbocycles. The summed E-state index contributed by atoms with van der Waals surface area (Å²) in [4.78, 5) is 15.2. The van der Waals surface area contributed by atoms with E-state index in [1.807, 2.05) is 31.2 Å². The lowest BCUT2D eigenvalue weighted by Crippen LogP contribution is -2.43. The van der Waals surface area contributed by atoms with Gasteiger partial charge in [0.15, 0.2) is 0 Å². The summed E-state index contributed by atoms with van der Waals surface area (Å²) in [6.45, 7) is 7.00. The third kappa shape index (κ3) is 2.60. The van der Waals surface area contributed by atoms with Crippen LogP contribution in [0.4, 0.5) is 0 Å². The van der Waals surface area contributed by atoms with Gasteiger partial charge < -0.3 is 19.7 Å². The second kappa shape index (κ2) is 6.37. The monoisotopic (exact) mass is 330 g/mol. The maximum Gasteiger partial charge on any atom is 0.254 e. The lowest BCUT2D eigenvalue weighted by Gasteiger charge is -2.37. The van der Waals surface area contributed by atoms with Gasteiger partial charge in [-0.25, -0.2) is 0 Å². The Bertz CT molecular complexity index is 612. The Morgan fingerprint density at radius 2 is 2.21 bits per heavy atom. The van der Waals surface area contributed by atoms with Crippen LogP contribution in [0.2, 0.25) is 0 Å². The van der Waals surface area contributed by atoms with Crippen LogP contribution in [0.3, 0.4) is 0 Å². The number of benzene rings is 1. The standard InChI is InChI=1S/C19H26N2O3/c1-2-24-15-5-3-4-14(10-15)18(22)21-13-19(6-8-20-9-7-19)16-11-23-12-17(16)21/h3-5,10,16-17,20H,2,6-9,11-13H2,1H3/t16-,17+/m1/s1. The normalized spacial score (nSPS) is 28.1. The molecular weight excluding hydrogens is 304 g/mol. The smallest absolute Gasteiger partial charge is 0.254 e. The average Bonchev–Trinajstić information content (AvgIpc) is 3.20. The molecule has 5 nitrogen and oxygen atoms in total. The van der Waals surface area contributed by atoms with Gasteiger partial charge >= 0.3 is 0 Å². The number of carbonyl (C=O) groups excluding carboxylic acids is 1. The van der Waals surface area contributed by atoms with Crippen molar-refractivity contribution >= 4 is 5.91 Å². The molecule has 1 N–H and O–H groups in total. The molecule has 5 heteroatoms. The fourth-order valence-corrected chi connectivity index (χ4v) is 4.74. The van der Waals surface area contributed by atoms with Crippen molar-refractivity contribution in [3.8, 4) is 5.75 Å². The van der Waals surface area contributed by atoms with Crippen molar-refractivity contribution < 1.29 is 14.3 Å². The van der Waals surface area contributed by atoms with Crippen LogP contribution < -0.4 is 10.1 Å². The molecule has 0 radical (unpaired) electrons. The molecule has 3 heterocycles. The number of amides is 1. The van der Waals surface area contributed by atoms with Gasteiger partial charge in [0.25, 0.3) is 5.91 Å². The van der Waals surface area contributed by atoms with E-state index in [0.717, 1.165) is 50.4 Å². The predicted molar refractivity (Wildman–Crippen MR) is 91.3 cm³/mol. The number of piperidine rings is 1. The van der Waals surface area contributed by atoms with E-state index >= 15 is 0 Å². The largest absolute Gasteiger partial charge is 0.494 e. The van der Waals surface area contributed by atoms with E-state index in [1.165, 1.54) is 0 Å². The van der Waals surface area contributed by atoms with Crippen molar-refractivity contribution in [1.82, 2.24) is 10.2 Å². The number of ether oxygens (including phenoxy) is 2. The van der Waals surface area contributed by atoms with E-state index in [2.05, 4.69) is 10.2 Å². The number of nitrogens with zero attached hydrogens (tertiary/aromatic N) is 1. The van der Waals surface area contributed by atoms with Crippen LogP contribution in [0.25, 0.3) is 0 Å². The Morgan fingerprint density at radius 3 is 3.00 bits per heavy atom. The van der Waals surface area contributed by atoms with E-state index in [4.69, 9.17) is 9.47 Å². The lowest BCUT2D eigenvalue weighted by atomic mass is 9.70. The van der Waals surface area contributed by atoms with E-state index in [0.29, 0.717) is 19.1 Å². The molecule has 0 aromatic heterocycles. The highest BCUT2D eigenvalue weighted by Crippen LogP contribution is 2.49. The van der Waals surface area contributed by atoms with Gasteiger partial charge in [0.2, 0.25) is 0 Å². The van der Waals surface area contributed by atoms with Crippen LogP contribution in [0.1, 0.15) is 30.1 Å². The molecule has 0 bridgehead atoms. The van der Waals surface area contributed by atoms with Gasteiger partial charge in [-0.1, -0.05) is 6.07 Å². The highest BCUT2D eigenvalue weighted by molar-refractivity contribution is 5.95. The summed E-state index contributed by atoms with van der Waals surface area (Å²) in [5.74, 6) is 1.37. The molecule has 3 fully saturated rings. The molecule has 1 spiro atoms. The Kier molecular flexibility index (Phi) is 4.22. The molecule has 4 rings (SSSR count). The number of hydrogen-bond acceptors (Lipinski definition) is 4. The first-order valence-electron chi connectivity index (χ1n) is 9.06. The Morgan fingerprint density at radius 1 is 1.38 bits per heavy atom. The van der Waals surface area contributed by atoms with Gasteiger partial charge in [0, 0.05) is 18.0 Å². The highest BCUT2D eigenvalue weighted by Gasteiger charge is 2.56. The number of rotatable bonds is 3. The number of fused-ring (bicyclic) bond motifs is 2. The summed E-state index contributed by atoms with van der Waals surface area (Å²) in [5, 5.41) is 3.45. The van der Waals surface area contributed by atoms with Gasteiger partial charge in [-0.3, -0.25) is 4.79 Å². The van der Waals surface area contributed by atoms with Crippen molar-refractivity contribution in [3.63, 3.8) is 0 Å². The van der Waals surface area contributed by atoms with E-state index < -0.39 is 0 Å². The topological polar surface area (TPSA) is 50.8 Å². The van der Waals surface area contributed by atoms with E-state index in [1.54, 1.807) is 0 Å². The molecule has 3 aliphatic rings. The summed E-state index contributed by atoms with van der Waals surface area (Å²) in [6.07, 6.45) is 2.28. The molecule has 0 unspecified atom stereocenters. The molecule has 2 atom stereocenters. The molecule has 24 heavy (non-hydrogen) atoms. The van der Waals surface area contributed by atoms with Gasteiger partial charge in [-0.05, 0) is 56.5 Å². The number of likely N-dealkylation sites (tertiary alicyclic amines) is 1. The minimum atomic E-state index is 0.118. The molecule has 1 aromatic carbocycles. The first-order chi connectivity index (χ1) is 11.7. The summed E-state index contributed by atoms with van der Waals surface area (Å²) in [6, 6.07) is 7.79. The highest BCUT2D eigenvalue weighted by atomic mass is 16.5. The van der Waals surface area contributed by atoms with Crippen LogP contribution >= 0.6 is 0 Å². The molecular formula is C19H26N2O3. The van der Waals surface area contributed by atoms with Crippen molar-refractivity contribution in [2.24, 2.45) is 11.3 Å². The van der Waals surface area contributed by atoms with Gasteiger partial charge in [0.05, 0.1) is 25.9 Å². The lowest BCUT2D eigenvalue weighted by molar-refractivity contribution is 0.0606. The average molecular weight is 330 g/mol. The fraction of sp³-hybridized carbons (Fsp3) is 0.632. The van der Waals surface area contributed by atoms with Crippen molar-refractivity contribution in [1.29, 1.82) is 0 Å². The minimum absolute atomic E-state index is 0.118. The van der Waals surface area contributed by atoms with Crippen LogP contribution in [-0.4, -0.2) is 56.3 Å². The maximum absolute atomic E-state index is 13.2. The Hall–Kier alpha value is -1.59. The van der Waals surface area contributed by atoms with Crippen molar-refractivity contribution in [3.05, 3.63) is 29.8 Å². The zero-order valence-electron chi connectivity index (χ0n) is 14.3. The quantitative estimate of drug-likeness (QED) is 0.920. The Labute approximate surface area is 143 Å². The third-order valence-electron chi connectivity index (χ3n) is 5.97. The van der Waals surface area contributed by atoms with Crippen molar-refractivity contribution in [2.45, 2.75) is 25.8 Å². The fourth-order valence-electron chi connectivity index (χ4n) is 4.74.